The minimum atomic E-state index is -0.414. The molecule has 1 aliphatic rings. The highest BCUT2D eigenvalue weighted by Crippen LogP contribution is 2.42. The summed E-state index contributed by atoms with van der Waals surface area (Å²) < 4.78 is 16.1. The highest BCUT2D eigenvalue weighted by molar-refractivity contribution is 8.18. The molecule has 2 aromatic rings. The predicted octanol–water partition coefficient (Wildman–Crippen LogP) is 5.26. The Bertz CT molecular complexity index is 1010. The Morgan fingerprint density at radius 2 is 1.72 bits per heavy atom. The summed E-state index contributed by atoms with van der Waals surface area (Å²) >= 11 is 12.9. The Morgan fingerprint density at radius 3 is 2.34 bits per heavy atom. The normalized spacial score (nSPS) is 15.2. The van der Waals surface area contributed by atoms with Crippen molar-refractivity contribution in [2.24, 2.45) is 0 Å². The zero-order valence-electron chi connectivity index (χ0n) is 15.8. The van der Waals surface area contributed by atoms with Crippen LogP contribution in [-0.2, 0) is 11.3 Å². The van der Waals surface area contributed by atoms with Crippen molar-refractivity contribution >= 4 is 52.2 Å². The molecule has 3 rings (SSSR count). The van der Waals surface area contributed by atoms with Crippen LogP contribution in [0.3, 0.4) is 0 Å². The van der Waals surface area contributed by atoms with E-state index >= 15 is 0 Å². The molecule has 0 spiro atoms. The fourth-order valence-corrected chi connectivity index (χ4v) is 4.13. The average Bonchev–Trinajstić information content (AvgIpc) is 2.96. The van der Waals surface area contributed by atoms with Gasteiger partial charge in [-0.1, -0.05) is 29.3 Å². The number of carbonyl (C=O) groups is 2. The first-order valence-electron chi connectivity index (χ1n) is 8.37. The molecular formula is C20H17Cl2NO5S. The molecule has 29 heavy (non-hydrogen) atoms. The molecule has 0 radical (unpaired) electrons. The molecule has 6 nitrogen and oxygen atoms in total. The number of rotatable bonds is 6. The number of ether oxygens (including phenoxy) is 3. The first-order chi connectivity index (χ1) is 13.9. The van der Waals surface area contributed by atoms with Gasteiger partial charge in [0, 0.05) is 15.6 Å². The molecule has 2 aromatic carbocycles. The van der Waals surface area contributed by atoms with E-state index in [4.69, 9.17) is 37.4 Å². The third kappa shape index (κ3) is 4.32. The molecular weight excluding hydrogens is 437 g/mol. The molecule has 2 amide bonds. The summed E-state index contributed by atoms with van der Waals surface area (Å²) in [6, 6.07) is 8.35. The van der Waals surface area contributed by atoms with Gasteiger partial charge in [-0.2, -0.15) is 0 Å². The second-order valence-corrected chi connectivity index (χ2v) is 7.76. The molecule has 0 aliphatic carbocycles. The number of hydrogen-bond donors (Lipinski definition) is 0. The highest BCUT2D eigenvalue weighted by Gasteiger charge is 2.35. The average molecular weight is 454 g/mol. The van der Waals surface area contributed by atoms with Crippen LogP contribution in [0.15, 0.2) is 35.2 Å². The maximum Gasteiger partial charge on any atom is 0.293 e. The van der Waals surface area contributed by atoms with E-state index < -0.39 is 5.91 Å². The summed E-state index contributed by atoms with van der Waals surface area (Å²) in [6.45, 7) is 0.0566. The quantitative estimate of drug-likeness (QED) is 0.556. The maximum absolute atomic E-state index is 12.8. The summed E-state index contributed by atoms with van der Waals surface area (Å²) in [6.07, 6.45) is 1.59. The summed E-state index contributed by atoms with van der Waals surface area (Å²) in [5.74, 6) is 0.880. The van der Waals surface area contributed by atoms with Crippen LogP contribution in [0.4, 0.5) is 4.79 Å². The van der Waals surface area contributed by atoms with E-state index in [9.17, 15) is 9.59 Å². The van der Waals surface area contributed by atoms with Crippen LogP contribution in [0.1, 0.15) is 11.1 Å². The van der Waals surface area contributed by atoms with E-state index in [-0.39, 0.29) is 16.7 Å². The van der Waals surface area contributed by atoms with Crippen molar-refractivity contribution in [2.75, 3.05) is 21.3 Å². The van der Waals surface area contributed by atoms with E-state index in [1.807, 2.05) is 0 Å². The molecule has 0 N–H and O–H groups in total. The van der Waals surface area contributed by atoms with Crippen LogP contribution in [0, 0.1) is 0 Å². The Balaban J connectivity index is 1.92. The fourth-order valence-electron chi connectivity index (χ4n) is 2.84. The first kappa shape index (κ1) is 21.4. The standard InChI is InChI=1S/C20H17Cl2NO5S/c1-26-15-7-5-11(17(27-2)18(15)28-3)8-16-19(24)23(20(25)29-16)10-12-4-6-13(21)9-14(12)22/h4-9H,10H2,1-3H3/b16-8-. The number of imide groups is 1. The molecule has 152 valence electrons. The molecule has 1 aliphatic heterocycles. The number of benzene rings is 2. The van der Waals surface area contributed by atoms with Gasteiger partial charge in [-0.25, -0.2) is 0 Å². The van der Waals surface area contributed by atoms with Crippen molar-refractivity contribution < 1.29 is 23.8 Å². The Kier molecular flexibility index (Phi) is 6.62. The van der Waals surface area contributed by atoms with E-state index in [1.165, 1.54) is 21.3 Å². The van der Waals surface area contributed by atoms with E-state index in [1.54, 1.807) is 36.4 Å². The second-order valence-electron chi connectivity index (χ2n) is 5.93. The van der Waals surface area contributed by atoms with Crippen LogP contribution >= 0.6 is 35.0 Å². The van der Waals surface area contributed by atoms with Gasteiger partial charge in [-0.3, -0.25) is 14.5 Å². The Morgan fingerprint density at radius 1 is 1.00 bits per heavy atom. The number of methoxy groups -OCH3 is 3. The van der Waals surface area contributed by atoms with Gasteiger partial charge in [-0.05, 0) is 47.7 Å². The van der Waals surface area contributed by atoms with Crippen molar-refractivity contribution in [3.63, 3.8) is 0 Å². The number of amides is 2. The molecule has 0 atom stereocenters. The topological polar surface area (TPSA) is 65.1 Å². The van der Waals surface area contributed by atoms with Crippen LogP contribution in [0.25, 0.3) is 6.08 Å². The van der Waals surface area contributed by atoms with Gasteiger partial charge in [0.15, 0.2) is 11.5 Å². The number of halogens is 2. The summed E-state index contributed by atoms with van der Waals surface area (Å²) in [7, 11) is 4.50. The molecule has 9 heteroatoms. The zero-order chi connectivity index (χ0) is 21.1. The van der Waals surface area contributed by atoms with E-state index in [0.717, 1.165) is 16.7 Å². The molecule has 0 unspecified atom stereocenters. The molecule has 1 saturated heterocycles. The van der Waals surface area contributed by atoms with Gasteiger partial charge in [0.25, 0.3) is 11.1 Å². The van der Waals surface area contributed by atoms with Crippen LogP contribution in [0.2, 0.25) is 10.0 Å². The molecule has 1 heterocycles. The third-order valence-electron chi connectivity index (χ3n) is 4.24. The largest absolute Gasteiger partial charge is 0.493 e. The lowest BCUT2D eigenvalue weighted by molar-refractivity contribution is -0.123. The van der Waals surface area contributed by atoms with Crippen LogP contribution in [-0.4, -0.2) is 37.4 Å². The van der Waals surface area contributed by atoms with Crippen molar-refractivity contribution in [3.05, 3.63) is 56.4 Å². The Labute approximate surface area is 182 Å². The monoisotopic (exact) mass is 453 g/mol. The van der Waals surface area contributed by atoms with E-state index in [2.05, 4.69) is 0 Å². The minimum absolute atomic E-state index is 0.0566. The molecule has 0 aromatic heterocycles. The summed E-state index contributed by atoms with van der Waals surface area (Å²) in [5.41, 5.74) is 1.21. The minimum Gasteiger partial charge on any atom is -0.493 e. The molecule has 0 bridgehead atoms. The number of hydrogen-bond acceptors (Lipinski definition) is 6. The van der Waals surface area contributed by atoms with Gasteiger partial charge in [0.05, 0.1) is 32.8 Å². The number of carbonyl (C=O) groups excluding carboxylic acids is 2. The maximum atomic E-state index is 12.8. The molecule has 0 saturated carbocycles. The van der Waals surface area contributed by atoms with Crippen molar-refractivity contribution in [1.29, 1.82) is 0 Å². The zero-order valence-corrected chi connectivity index (χ0v) is 18.2. The third-order valence-corrected chi connectivity index (χ3v) is 5.73. The fraction of sp³-hybridized carbons (Fsp3) is 0.200. The predicted molar refractivity (Wildman–Crippen MR) is 114 cm³/mol. The van der Waals surface area contributed by atoms with Gasteiger partial charge >= 0.3 is 0 Å². The number of thioether (sulfide) groups is 1. The van der Waals surface area contributed by atoms with Gasteiger partial charge in [-0.15, -0.1) is 0 Å². The van der Waals surface area contributed by atoms with E-state index in [0.29, 0.717) is 38.4 Å². The summed E-state index contributed by atoms with van der Waals surface area (Å²) in [5, 5.41) is 0.488. The van der Waals surface area contributed by atoms with Gasteiger partial charge < -0.3 is 14.2 Å². The number of nitrogens with zero attached hydrogens (tertiary/aromatic N) is 1. The lowest BCUT2D eigenvalue weighted by Gasteiger charge is -2.15. The van der Waals surface area contributed by atoms with Gasteiger partial charge in [0.1, 0.15) is 0 Å². The lowest BCUT2D eigenvalue weighted by Crippen LogP contribution is -2.27. The van der Waals surface area contributed by atoms with Crippen molar-refractivity contribution in [1.82, 2.24) is 4.90 Å². The van der Waals surface area contributed by atoms with Gasteiger partial charge in [0.2, 0.25) is 5.75 Å². The Hall–Kier alpha value is -2.35. The van der Waals surface area contributed by atoms with Crippen LogP contribution < -0.4 is 14.2 Å². The first-order valence-corrected chi connectivity index (χ1v) is 9.95. The SMILES string of the molecule is COc1ccc(/C=C2\SC(=O)N(Cc3ccc(Cl)cc3Cl)C2=O)c(OC)c1OC. The van der Waals surface area contributed by atoms with Crippen molar-refractivity contribution in [3.8, 4) is 17.2 Å². The van der Waals surface area contributed by atoms with Crippen molar-refractivity contribution in [2.45, 2.75) is 6.54 Å². The second kappa shape index (κ2) is 8.98. The lowest BCUT2D eigenvalue weighted by atomic mass is 10.1. The highest BCUT2D eigenvalue weighted by atomic mass is 35.5. The van der Waals surface area contributed by atoms with Crippen LogP contribution in [0.5, 0.6) is 17.2 Å². The smallest absolute Gasteiger partial charge is 0.293 e. The molecule has 1 fully saturated rings. The summed E-state index contributed by atoms with van der Waals surface area (Å²) in [4.78, 5) is 26.7.